The highest BCUT2D eigenvalue weighted by Gasteiger charge is 2.23. The van der Waals surface area contributed by atoms with Crippen LogP contribution in [-0.4, -0.2) is 5.91 Å². The zero-order chi connectivity index (χ0) is 20.3. The van der Waals surface area contributed by atoms with Crippen LogP contribution >= 0.6 is 22.7 Å². The lowest BCUT2D eigenvalue weighted by atomic mass is 10.0. The Morgan fingerprint density at radius 3 is 2.43 bits per heavy atom. The fourth-order valence-electron chi connectivity index (χ4n) is 3.60. The molecule has 4 heteroatoms. The summed E-state index contributed by atoms with van der Waals surface area (Å²) in [5.41, 5.74) is 4.99. The van der Waals surface area contributed by atoms with Crippen LogP contribution < -0.4 is 5.32 Å². The molecule has 0 spiro atoms. The first kappa shape index (κ1) is 18.8. The third-order valence-electron chi connectivity index (χ3n) is 5.06. The molecule has 0 radical (unpaired) electrons. The van der Waals surface area contributed by atoms with E-state index in [9.17, 15) is 4.79 Å². The average molecular weight is 426 g/mol. The fourth-order valence-corrected chi connectivity index (χ4v) is 5.39. The van der Waals surface area contributed by atoms with Gasteiger partial charge in [-0.25, -0.2) is 0 Å². The van der Waals surface area contributed by atoms with Crippen molar-refractivity contribution in [3.05, 3.63) is 112 Å². The van der Waals surface area contributed by atoms with E-state index < -0.39 is 0 Å². The third-order valence-corrected chi connectivity index (χ3v) is 7.16. The average Bonchev–Trinajstić information content (AvgIpc) is 3.53. The molecule has 146 valence electrons. The molecule has 0 fully saturated rings. The first-order valence-corrected chi connectivity index (χ1v) is 11.5. The first-order chi connectivity index (χ1) is 14.8. The molecule has 2 aromatic carbocycles. The molecule has 30 heavy (non-hydrogen) atoms. The van der Waals surface area contributed by atoms with Crippen LogP contribution in [0.15, 0.2) is 90.3 Å². The molecule has 0 aliphatic heterocycles. The number of fused-ring (bicyclic) bond motifs is 1. The Morgan fingerprint density at radius 1 is 0.833 bits per heavy atom. The van der Waals surface area contributed by atoms with Crippen molar-refractivity contribution >= 4 is 45.8 Å². The van der Waals surface area contributed by atoms with Gasteiger partial charge in [0.15, 0.2) is 0 Å². The highest BCUT2D eigenvalue weighted by Crippen LogP contribution is 2.38. The molecule has 1 aliphatic carbocycles. The fraction of sp³-hybridized carbons (Fsp3) is 0.0385. The van der Waals surface area contributed by atoms with Crippen molar-refractivity contribution < 1.29 is 4.79 Å². The van der Waals surface area contributed by atoms with Gasteiger partial charge in [0.2, 0.25) is 0 Å². The second-order valence-electron chi connectivity index (χ2n) is 7.05. The summed E-state index contributed by atoms with van der Waals surface area (Å²) in [5, 5.41) is 5.16. The van der Waals surface area contributed by atoms with E-state index in [-0.39, 0.29) is 5.91 Å². The van der Waals surface area contributed by atoms with Gasteiger partial charge >= 0.3 is 0 Å². The Morgan fingerprint density at radius 2 is 1.63 bits per heavy atom. The van der Waals surface area contributed by atoms with Crippen LogP contribution in [0.5, 0.6) is 0 Å². The number of nitrogens with one attached hydrogen (secondary N) is 1. The van der Waals surface area contributed by atoms with Gasteiger partial charge in [-0.15, -0.1) is 22.7 Å². The van der Waals surface area contributed by atoms with Crippen molar-refractivity contribution in [1.29, 1.82) is 0 Å². The zero-order valence-corrected chi connectivity index (χ0v) is 17.8. The summed E-state index contributed by atoms with van der Waals surface area (Å²) in [7, 11) is 0. The largest absolute Gasteiger partial charge is 0.348 e. The Balaban J connectivity index is 1.42. The number of carbonyl (C=O) groups excluding carboxylic acids is 1. The number of rotatable bonds is 5. The molecule has 1 amide bonds. The van der Waals surface area contributed by atoms with E-state index >= 15 is 0 Å². The molecule has 1 aliphatic rings. The summed E-state index contributed by atoms with van der Waals surface area (Å²) in [6, 6.07) is 26.6. The number of benzene rings is 2. The minimum atomic E-state index is -0.0415. The maximum atomic E-state index is 12.9. The Labute approximate surface area is 183 Å². The summed E-state index contributed by atoms with van der Waals surface area (Å²) in [4.78, 5) is 16.7. The Hall–Kier alpha value is -3.21. The Bertz CT molecular complexity index is 1250. The molecule has 0 atom stereocenters. The quantitative estimate of drug-likeness (QED) is 0.377. The van der Waals surface area contributed by atoms with Crippen LogP contribution in [0.4, 0.5) is 0 Å². The van der Waals surface area contributed by atoms with Gasteiger partial charge < -0.3 is 5.32 Å². The number of hydrogen-bond acceptors (Lipinski definition) is 3. The van der Waals surface area contributed by atoms with Crippen molar-refractivity contribution in [1.82, 2.24) is 5.32 Å². The molecule has 5 rings (SSSR count). The molecule has 0 saturated carbocycles. The lowest BCUT2D eigenvalue weighted by molar-refractivity contribution is -0.115. The summed E-state index contributed by atoms with van der Waals surface area (Å²) < 4.78 is 0. The second kappa shape index (κ2) is 8.27. The van der Waals surface area contributed by atoms with E-state index in [1.54, 1.807) is 22.7 Å². The monoisotopic (exact) mass is 425 g/mol. The molecule has 0 unspecified atom stereocenters. The molecular formula is C26H19NOS2. The van der Waals surface area contributed by atoms with Crippen molar-refractivity contribution in [3.63, 3.8) is 0 Å². The van der Waals surface area contributed by atoms with Gasteiger partial charge in [0, 0.05) is 26.7 Å². The molecule has 1 N–H and O–H groups in total. The van der Waals surface area contributed by atoms with Crippen molar-refractivity contribution in [3.8, 4) is 9.75 Å². The van der Waals surface area contributed by atoms with Crippen LogP contribution in [0.3, 0.4) is 0 Å². The van der Waals surface area contributed by atoms with E-state index in [4.69, 9.17) is 0 Å². The molecular weight excluding hydrogens is 406 g/mol. The lowest BCUT2D eigenvalue weighted by Gasteiger charge is -2.07. The van der Waals surface area contributed by atoms with Gasteiger partial charge in [-0.1, -0.05) is 60.7 Å². The topological polar surface area (TPSA) is 29.1 Å². The summed E-state index contributed by atoms with van der Waals surface area (Å²) in [5.74, 6) is -0.0415. The van der Waals surface area contributed by atoms with E-state index in [0.717, 1.165) is 27.8 Å². The molecule has 4 aromatic rings. The molecule has 2 heterocycles. The summed E-state index contributed by atoms with van der Waals surface area (Å²) >= 11 is 3.53. The third kappa shape index (κ3) is 3.80. The smallest absolute Gasteiger partial charge is 0.252 e. The predicted octanol–water partition coefficient (Wildman–Crippen LogP) is 6.73. The highest BCUT2D eigenvalue weighted by atomic mass is 32.1. The molecule has 0 saturated heterocycles. The van der Waals surface area contributed by atoms with Crippen molar-refractivity contribution in [2.45, 2.75) is 6.54 Å². The van der Waals surface area contributed by atoms with Gasteiger partial charge in [-0.3, -0.25) is 4.79 Å². The molecule has 2 nitrogen and oxygen atoms in total. The maximum absolute atomic E-state index is 12.9. The number of thiophene rings is 2. The van der Waals surface area contributed by atoms with E-state index in [2.05, 4.69) is 47.1 Å². The van der Waals surface area contributed by atoms with E-state index in [1.165, 1.54) is 14.6 Å². The van der Waals surface area contributed by atoms with Crippen molar-refractivity contribution in [2.24, 2.45) is 0 Å². The maximum Gasteiger partial charge on any atom is 0.252 e. The van der Waals surface area contributed by atoms with Gasteiger partial charge in [0.1, 0.15) is 0 Å². The van der Waals surface area contributed by atoms with Crippen LogP contribution in [0.1, 0.15) is 21.6 Å². The van der Waals surface area contributed by atoms with E-state index in [0.29, 0.717) is 6.54 Å². The summed E-state index contributed by atoms with van der Waals surface area (Å²) in [6.07, 6.45) is 4.19. The van der Waals surface area contributed by atoms with E-state index in [1.807, 2.05) is 54.6 Å². The van der Waals surface area contributed by atoms with Gasteiger partial charge in [-0.05, 0) is 58.0 Å². The van der Waals surface area contributed by atoms with Crippen LogP contribution in [0.2, 0.25) is 0 Å². The number of amides is 1. The van der Waals surface area contributed by atoms with Crippen molar-refractivity contribution in [2.75, 3.05) is 0 Å². The minimum Gasteiger partial charge on any atom is -0.348 e. The van der Waals surface area contributed by atoms with Gasteiger partial charge in [0.05, 0.1) is 0 Å². The van der Waals surface area contributed by atoms with Gasteiger partial charge in [-0.2, -0.15) is 0 Å². The second-order valence-corrected chi connectivity index (χ2v) is 9.11. The predicted molar refractivity (Wildman–Crippen MR) is 128 cm³/mol. The first-order valence-electron chi connectivity index (χ1n) is 9.77. The highest BCUT2D eigenvalue weighted by molar-refractivity contribution is 7.21. The number of hydrogen-bond donors (Lipinski definition) is 1. The van der Waals surface area contributed by atoms with Crippen LogP contribution in [0, 0.1) is 0 Å². The Kier molecular flexibility index (Phi) is 5.18. The molecule has 0 bridgehead atoms. The minimum absolute atomic E-state index is 0.0415. The SMILES string of the molecule is O=C(NCc1ccccc1)C1=C/C(=C\c2ccc(-c3cccs3)s2)c2ccccc21. The number of allylic oxidation sites excluding steroid dienone is 2. The lowest BCUT2D eigenvalue weighted by Crippen LogP contribution is -2.23. The zero-order valence-electron chi connectivity index (χ0n) is 16.2. The van der Waals surface area contributed by atoms with Gasteiger partial charge in [0.25, 0.3) is 5.91 Å². The normalized spacial score (nSPS) is 13.9. The van der Waals surface area contributed by atoms with Crippen LogP contribution in [0.25, 0.3) is 27.0 Å². The van der Waals surface area contributed by atoms with Crippen LogP contribution in [-0.2, 0) is 11.3 Å². The number of carbonyl (C=O) groups is 1. The standard InChI is InChI=1S/C26H19NOS2/c28-26(27-17-18-7-2-1-3-8-18)23-16-19(21-9-4-5-10-22(21)23)15-20-12-13-25(30-20)24-11-6-14-29-24/h1-16H,17H2,(H,27,28)/b19-15+. The summed E-state index contributed by atoms with van der Waals surface area (Å²) in [6.45, 7) is 0.521. The molecule has 2 aromatic heterocycles.